The van der Waals surface area contributed by atoms with Crippen LogP contribution in [0, 0.1) is 5.92 Å². The Hall–Kier alpha value is -1.19. The van der Waals surface area contributed by atoms with Crippen molar-refractivity contribution in [3.63, 3.8) is 0 Å². The summed E-state index contributed by atoms with van der Waals surface area (Å²) in [5, 5.41) is 0. The molecule has 0 aromatic carbocycles. The Morgan fingerprint density at radius 1 is 1.00 bits per heavy atom. The van der Waals surface area contributed by atoms with Gasteiger partial charge >= 0.3 is 0 Å². The van der Waals surface area contributed by atoms with Crippen molar-refractivity contribution in [1.82, 2.24) is 4.90 Å². The molecule has 1 saturated heterocycles. The molecule has 0 aliphatic carbocycles. The zero-order valence-electron chi connectivity index (χ0n) is 9.99. The van der Waals surface area contributed by atoms with Crippen molar-refractivity contribution in [2.75, 3.05) is 13.1 Å². The molecule has 1 heterocycles. The minimum Gasteiger partial charge on any atom is -0.342 e. The second-order valence-electron chi connectivity index (χ2n) is 4.54. The first-order chi connectivity index (χ1) is 7.50. The van der Waals surface area contributed by atoms with Gasteiger partial charge in [-0.2, -0.15) is 0 Å². The van der Waals surface area contributed by atoms with Crippen molar-refractivity contribution < 1.29 is 14.4 Å². The summed E-state index contributed by atoms with van der Waals surface area (Å²) in [5.74, 6) is -0.520. The minimum absolute atomic E-state index is 0.0251. The number of hydrogen-bond acceptors (Lipinski definition) is 3. The Labute approximate surface area is 96.0 Å². The first-order valence-electron chi connectivity index (χ1n) is 5.78. The molecule has 0 saturated carbocycles. The molecule has 0 unspecified atom stereocenters. The number of rotatable bonds is 5. The van der Waals surface area contributed by atoms with Crippen molar-refractivity contribution >= 4 is 17.5 Å². The van der Waals surface area contributed by atoms with E-state index in [-0.39, 0.29) is 30.3 Å². The largest absolute Gasteiger partial charge is 0.342 e. The first kappa shape index (κ1) is 12.9. The van der Waals surface area contributed by atoms with Crippen molar-refractivity contribution in [2.45, 2.75) is 39.5 Å². The third kappa shape index (κ3) is 3.76. The lowest BCUT2D eigenvalue weighted by atomic mass is 9.95. The Balaban J connectivity index is 2.62. The molecule has 0 bridgehead atoms. The molecule has 4 nitrogen and oxygen atoms in total. The lowest BCUT2D eigenvalue weighted by Gasteiger charge is -2.21. The fourth-order valence-electron chi connectivity index (χ4n) is 2.14. The molecule has 0 spiro atoms. The van der Waals surface area contributed by atoms with Crippen LogP contribution in [0.2, 0.25) is 0 Å². The Morgan fingerprint density at radius 3 is 1.81 bits per heavy atom. The summed E-state index contributed by atoms with van der Waals surface area (Å²) in [7, 11) is 0. The second kappa shape index (κ2) is 5.77. The van der Waals surface area contributed by atoms with Crippen LogP contribution in [0.25, 0.3) is 0 Å². The smallest absolute Gasteiger partial charge is 0.226 e. The number of nitrogens with zero attached hydrogens (tertiary/aromatic N) is 1. The van der Waals surface area contributed by atoms with Gasteiger partial charge in [0.1, 0.15) is 11.6 Å². The van der Waals surface area contributed by atoms with Crippen molar-refractivity contribution in [3.8, 4) is 0 Å². The summed E-state index contributed by atoms with van der Waals surface area (Å²) >= 11 is 0. The summed E-state index contributed by atoms with van der Waals surface area (Å²) in [6.07, 6.45) is 2.43. The fourth-order valence-corrected chi connectivity index (χ4v) is 2.14. The average Bonchev–Trinajstić information content (AvgIpc) is 2.66. The van der Waals surface area contributed by atoms with Crippen LogP contribution in [0.4, 0.5) is 0 Å². The van der Waals surface area contributed by atoms with E-state index in [9.17, 15) is 14.4 Å². The van der Waals surface area contributed by atoms with E-state index in [0.29, 0.717) is 0 Å². The summed E-state index contributed by atoms with van der Waals surface area (Å²) in [6.45, 7) is 4.46. The topological polar surface area (TPSA) is 54.5 Å². The predicted molar refractivity (Wildman–Crippen MR) is 59.9 cm³/mol. The van der Waals surface area contributed by atoms with E-state index in [1.54, 1.807) is 4.90 Å². The molecule has 0 aromatic rings. The number of amides is 1. The molecule has 90 valence electrons. The summed E-state index contributed by atoms with van der Waals surface area (Å²) < 4.78 is 0. The number of Topliss-reactive ketones (excluding diaryl/α,β-unsaturated/α-hetero) is 2. The molecule has 1 aliphatic rings. The molecule has 1 rings (SSSR count). The van der Waals surface area contributed by atoms with Gasteiger partial charge in [0.05, 0.1) is 5.92 Å². The van der Waals surface area contributed by atoms with E-state index in [0.717, 1.165) is 25.9 Å². The summed E-state index contributed by atoms with van der Waals surface area (Å²) in [6, 6.07) is 0. The van der Waals surface area contributed by atoms with Crippen LogP contribution in [-0.2, 0) is 14.4 Å². The van der Waals surface area contributed by atoms with Gasteiger partial charge in [0.2, 0.25) is 5.91 Å². The van der Waals surface area contributed by atoms with Crippen LogP contribution < -0.4 is 0 Å². The van der Waals surface area contributed by atoms with Gasteiger partial charge in [0, 0.05) is 25.9 Å². The lowest BCUT2D eigenvalue weighted by molar-refractivity contribution is -0.138. The van der Waals surface area contributed by atoms with E-state index in [4.69, 9.17) is 0 Å². The highest BCUT2D eigenvalue weighted by atomic mass is 16.2. The maximum atomic E-state index is 12.0. The molecule has 1 fully saturated rings. The van der Waals surface area contributed by atoms with Gasteiger partial charge in [-0.15, -0.1) is 0 Å². The molecule has 1 amide bonds. The average molecular weight is 225 g/mol. The maximum Gasteiger partial charge on any atom is 0.226 e. The van der Waals surface area contributed by atoms with Gasteiger partial charge in [-0.05, 0) is 26.7 Å². The summed E-state index contributed by atoms with van der Waals surface area (Å²) in [4.78, 5) is 36.0. The van der Waals surface area contributed by atoms with Crippen LogP contribution in [-0.4, -0.2) is 35.5 Å². The third-order valence-corrected chi connectivity index (χ3v) is 2.83. The molecule has 0 atom stereocenters. The monoisotopic (exact) mass is 225 g/mol. The minimum atomic E-state index is -0.437. The normalized spacial score (nSPS) is 15.6. The highest BCUT2D eigenvalue weighted by Gasteiger charge is 2.28. The highest BCUT2D eigenvalue weighted by molar-refractivity contribution is 5.90. The third-order valence-electron chi connectivity index (χ3n) is 2.83. The van der Waals surface area contributed by atoms with Gasteiger partial charge in [0.15, 0.2) is 0 Å². The SMILES string of the molecule is CC(=O)CC(CC(C)=O)C(=O)N1CCCC1. The maximum absolute atomic E-state index is 12.0. The number of likely N-dealkylation sites (tertiary alicyclic amines) is 1. The van der Waals surface area contributed by atoms with E-state index < -0.39 is 5.92 Å². The molecule has 16 heavy (non-hydrogen) atoms. The number of carbonyl (C=O) groups excluding carboxylic acids is 3. The van der Waals surface area contributed by atoms with Crippen LogP contribution in [0.3, 0.4) is 0 Å². The van der Waals surface area contributed by atoms with E-state index in [1.807, 2.05) is 0 Å². The van der Waals surface area contributed by atoms with E-state index >= 15 is 0 Å². The van der Waals surface area contributed by atoms with Crippen molar-refractivity contribution in [3.05, 3.63) is 0 Å². The van der Waals surface area contributed by atoms with E-state index in [2.05, 4.69) is 0 Å². The van der Waals surface area contributed by atoms with E-state index in [1.165, 1.54) is 13.8 Å². The van der Waals surface area contributed by atoms with Crippen molar-refractivity contribution in [2.24, 2.45) is 5.92 Å². The number of ketones is 2. The Morgan fingerprint density at radius 2 is 1.44 bits per heavy atom. The highest BCUT2D eigenvalue weighted by Crippen LogP contribution is 2.18. The number of hydrogen-bond donors (Lipinski definition) is 0. The molecule has 1 aliphatic heterocycles. The van der Waals surface area contributed by atoms with Gasteiger partial charge in [0.25, 0.3) is 0 Å². The van der Waals surface area contributed by atoms with Gasteiger partial charge in [-0.3, -0.25) is 4.79 Å². The van der Waals surface area contributed by atoms with Gasteiger partial charge in [-0.25, -0.2) is 0 Å². The Kier molecular flexibility index (Phi) is 4.65. The predicted octanol–water partition coefficient (Wildman–Crippen LogP) is 1.18. The summed E-state index contributed by atoms with van der Waals surface area (Å²) in [5.41, 5.74) is 0. The number of carbonyl (C=O) groups is 3. The zero-order valence-corrected chi connectivity index (χ0v) is 9.99. The zero-order chi connectivity index (χ0) is 12.1. The molecular formula is C12H19NO3. The van der Waals surface area contributed by atoms with Crippen LogP contribution in [0.1, 0.15) is 39.5 Å². The van der Waals surface area contributed by atoms with Crippen LogP contribution >= 0.6 is 0 Å². The molecule has 0 N–H and O–H groups in total. The molecule has 0 aromatic heterocycles. The van der Waals surface area contributed by atoms with Crippen molar-refractivity contribution in [1.29, 1.82) is 0 Å². The standard InChI is InChI=1S/C12H19NO3/c1-9(14)7-11(8-10(2)15)12(16)13-5-3-4-6-13/h11H,3-8H2,1-2H3. The Bertz CT molecular complexity index is 277. The second-order valence-corrected chi connectivity index (χ2v) is 4.54. The van der Waals surface area contributed by atoms with Crippen LogP contribution in [0.15, 0.2) is 0 Å². The lowest BCUT2D eigenvalue weighted by Crippen LogP contribution is -2.35. The first-order valence-corrected chi connectivity index (χ1v) is 5.78. The fraction of sp³-hybridized carbons (Fsp3) is 0.750. The molecule has 0 radical (unpaired) electrons. The van der Waals surface area contributed by atoms with Crippen LogP contribution in [0.5, 0.6) is 0 Å². The molecular weight excluding hydrogens is 206 g/mol. The van der Waals surface area contributed by atoms with Gasteiger partial charge in [-0.1, -0.05) is 0 Å². The van der Waals surface area contributed by atoms with Gasteiger partial charge < -0.3 is 14.5 Å². The quantitative estimate of drug-likeness (QED) is 0.706. The molecule has 4 heteroatoms.